The Labute approximate surface area is 128 Å². The van der Waals surface area contributed by atoms with Crippen LogP contribution in [0.15, 0.2) is 36.4 Å². The number of benzene rings is 2. The fourth-order valence-electron chi connectivity index (χ4n) is 2.07. The molecule has 19 heavy (non-hydrogen) atoms. The molecule has 1 atom stereocenters. The number of aryl methyl sites for hydroxylation is 1. The summed E-state index contributed by atoms with van der Waals surface area (Å²) in [6, 6.07) is 11.0. The molecule has 0 fully saturated rings. The number of hydrogen-bond acceptors (Lipinski definition) is 1. The molecular formula is C15H14Cl3N. The second kappa shape index (κ2) is 6.15. The topological polar surface area (TPSA) is 26.0 Å². The first kappa shape index (κ1) is 14.7. The smallest absolute Gasteiger partial charge is 0.0453 e. The van der Waals surface area contributed by atoms with Crippen LogP contribution in [0.2, 0.25) is 15.1 Å². The summed E-state index contributed by atoms with van der Waals surface area (Å²) in [7, 11) is 0. The van der Waals surface area contributed by atoms with Crippen LogP contribution in [-0.2, 0) is 6.42 Å². The van der Waals surface area contributed by atoms with E-state index in [0.29, 0.717) is 21.5 Å². The summed E-state index contributed by atoms with van der Waals surface area (Å²) in [5.41, 5.74) is 9.26. The van der Waals surface area contributed by atoms with Gasteiger partial charge in [0.25, 0.3) is 0 Å². The number of rotatable bonds is 3. The van der Waals surface area contributed by atoms with Crippen LogP contribution in [0.5, 0.6) is 0 Å². The summed E-state index contributed by atoms with van der Waals surface area (Å²) in [5.74, 6) is 0. The van der Waals surface area contributed by atoms with Crippen molar-refractivity contribution >= 4 is 34.8 Å². The summed E-state index contributed by atoms with van der Waals surface area (Å²) in [6.45, 7) is 2.01. The molecule has 2 aromatic carbocycles. The van der Waals surface area contributed by atoms with Crippen LogP contribution in [0.4, 0.5) is 0 Å². The van der Waals surface area contributed by atoms with Crippen molar-refractivity contribution in [1.82, 2.24) is 0 Å². The Balaban J connectivity index is 2.31. The maximum Gasteiger partial charge on any atom is 0.0453 e. The highest BCUT2D eigenvalue weighted by Gasteiger charge is 2.14. The molecule has 0 bridgehead atoms. The molecule has 0 heterocycles. The van der Waals surface area contributed by atoms with Gasteiger partial charge in [-0.05, 0) is 54.3 Å². The van der Waals surface area contributed by atoms with Gasteiger partial charge < -0.3 is 5.73 Å². The first-order chi connectivity index (χ1) is 8.99. The second-order valence-electron chi connectivity index (χ2n) is 4.51. The molecular weight excluding hydrogens is 301 g/mol. The summed E-state index contributed by atoms with van der Waals surface area (Å²) in [4.78, 5) is 0. The van der Waals surface area contributed by atoms with E-state index in [-0.39, 0.29) is 6.04 Å². The van der Waals surface area contributed by atoms with Gasteiger partial charge in [0.05, 0.1) is 0 Å². The van der Waals surface area contributed by atoms with Crippen molar-refractivity contribution < 1.29 is 0 Å². The van der Waals surface area contributed by atoms with E-state index in [1.807, 2.05) is 43.3 Å². The predicted molar refractivity (Wildman–Crippen MR) is 83.3 cm³/mol. The van der Waals surface area contributed by atoms with E-state index < -0.39 is 0 Å². The minimum Gasteiger partial charge on any atom is -0.324 e. The van der Waals surface area contributed by atoms with Gasteiger partial charge >= 0.3 is 0 Å². The van der Waals surface area contributed by atoms with Crippen LogP contribution in [0.3, 0.4) is 0 Å². The maximum absolute atomic E-state index is 6.26. The van der Waals surface area contributed by atoms with Gasteiger partial charge in [-0.3, -0.25) is 0 Å². The molecule has 0 saturated carbocycles. The monoisotopic (exact) mass is 313 g/mol. The normalized spacial score (nSPS) is 12.5. The van der Waals surface area contributed by atoms with Crippen molar-refractivity contribution in [1.29, 1.82) is 0 Å². The number of hydrogen-bond donors (Lipinski definition) is 1. The van der Waals surface area contributed by atoms with Gasteiger partial charge in [-0.1, -0.05) is 46.9 Å². The van der Waals surface area contributed by atoms with Crippen molar-refractivity contribution in [3.8, 4) is 0 Å². The Morgan fingerprint density at radius 1 is 1.05 bits per heavy atom. The van der Waals surface area contributed by atoms with E-state index >= 15 is 0 Å². The van der Waals surface area contributed by atoms with Crippen molar-refractivity contribution in [3.63, 3.8) is 0 Å². The lowest BCUT2D eigenvalue weighted by molar-refractivity contribution is 0.717. The van der Waals surface area contributed by atoms with Gasteiger partial charge in [0.2, 0.25) is 0 Å². The fourth-order valence-corrected chi connectivity index (χ4v) is 2.80. The highest BCUT2D eigenvalue weighted by molar-refractivity contribution is 6.36. The van der Waals surface area contributed by atoms with Crippen LogP contribution < -0.4 is 5.73 Å². The van der Waals surface area contributed by atoms with Crippen LogP contribution >= 0.6 is 34.8 Å². The van der Waals surface area contributed by atoms with Gasteiger partial charge in [0, 0.05) is 21.1 Å². The van der Waals surface area contributed by atoms with E-state index in [4.69, 9.17) is 40.5 Å². The molecule has 1 unspecified atom stereocenters. The Hall–Kier alpha value is -0.730. The highest BCUT2D eigenvalue weighted by atomic mass is 35.5. The second-order valence-corrected chi connectivity index (χ2v) is 5.76. The Morgan fingerprint density at radius 3 is 2.32 bits per heavy atom. The predicted octanol–water partition coefficient (Wildman–Crippen LogP) is 5.20. The van der Waals surface area contributed by atoms with Gasteiger partial charge in [-0.25, -0.2) is 0 Å². The molecule has 2 N–H and O–H groups in total. The SMILES string of the molecule is Cc1ccc(Cl)cc1C(N)Cc1c(Cl)cccc1Cl. The molecule has 0 saturated heterocycles. The summed E-state index contributed by atoms with van der Waals surface area (Å²) in [6.07, 6.45) is 0.583. The quantitative estimate of drug-likeness (QED) is 0.828. The Bertz CT molecular complexity index is 576. The number of halogens is 3. The minimum atomic E-state index is -0.184. The largest absolute Gasteiger partial charge is 0.324 e. The third kappa shape index (κ3) is 3.43. The third-order valence-electron chi connectivity index (χ3n) is 3.13. The molecule has 100 valence electrons. The summed E-state index contributed by atoms with van der Waals surface area (Å²) < 4.78 is 0. The zero-order chi connectivity index (χ0) is 14.0. The lowest BCUT2D eigenvalue weighted by atomic mass is 9.96. The molecule has 4 heteroatoms. The van der Waals surface area contributed by atoms with Crippen molar-refractivity contribution in [2.24, 2.45) is 5.73 Å². The lowest BCUT2D eigenvalue weighted by Gasteiger charge is -2.17. The summed E-state index contributed by atoms with van der Waals surface area (Å²) in [5, 5.41) is 1.96. The van der Waals surface area contributed by atoms with Gasteiger partial charge in [0.1, 0.15) is 0 Å². The molecule has 0 amide bonds. The zero-order valence-corrected chi connectivity index (χ0v) is 12.7. The molecule has 0 aliphatic heterocycles. The van der Waals surface area contributed by atoms with Crippen LogP contribution in [-0.4, -0.2) is 0 Å². The van der Waals surface area contributed by atoms with Gasteiger partial charge in [-0.15, -0.1) is 0 Å². The van der Waals surface area contributed by atoms with Crippen LogP contribution in [0.25, 0.3) is 0 Å². The minimum absolute atomic E-state index is 0.184. The van der Waals surface area contributed by atoms with E-state index in [1.54, 1.807) is 0 Å². The van der Waals surface area contributed by atoms with E-state index in [0.717, 1.165) is 16.7 Å². The highest BCUT2D eigenvalue weighted by Crippen LogP contribution is 2.30. The standard InChI is InChI=1S/C15H14Cl3N/c1-9-5-6-10(16)7-11(9)15(19)8-12-13(17)3-2-4-14(12)18/h2-7,15H,8,19H2,1H3. The zero-order valence-electron chi connectivity index (χ0n) is 10.5. The Kier molecular flexibility index (Phi) is 4.75. The van der Waals surface area contributed by atoms with Gasteiger partial charge in [-0.2, -0.15) is 0 Å². The third-order valence-corrected chi connectivity index (χ3v) is 4.07. The first-order valence-corrected chi connectivity index (χ1v) is 7.07. The molecule has 2 rings (SSSR count). The molecule has 1 nitrogen and oxygen atoms in total. The molecule has 0 spiro atoms. The van der Waals surface area contributed by atoms with Gasteiger partial charge in [0.15, 0.2) is 0 Å². The lowest BCUT2D eigenvalue weighted by Crippen LogP contribution is -2.15. The maximum atomic E-state index is 6.26. The van der Waals surface area contributed by atoms with Crippen LogP contribution in [0.1, 0.15) is 22.7 Å². The van der Waals surface area contributed by atoms with E-state index in [2.05, 4.69) is 0 Å². The summed E-state index contributed by atoms with van der Waals surface area (Å²) >= 11 is 18.4. The van der Waals surface area contributed by atoms with Crippen LogP contribution in [0, 0.1) is 6.92 Å². The van der Waals surface area contributed by atoms with Crippen molar-refractivity contribution in [2.45, 2.75) is 19.4 Å². The van der Waals surface area contributed by atoms with E-state index in [1.165, 1.54) is 0 Å². The molecule has 0 aliphatic rings. The van der Waals surface area contributed by atoms with Crippen molar-refractivity contribution in [2.75, 3.05) is 0 Å². The van der Waals surface area contributed by atoms with E-state index in [9.17, 15) is 0 Å². The molecule has 0 radical (unpaired) electrons. The number of nitrogens with two attached hydrogens (primary N) is 1. The molecule has 0 aromatic heterocycles. The van der Waals surface area contributed by atoms with Crippen molar-refractivity contribution in [3.05, 3.63) is 68.2 Å². The fraction of sp³-hybridized carbons (Fsp3) is 0.200. The average Bonchev–Trinajstić information content (AvgIpc) is 2.37. The molecule has 2 aromatic rings. The Morgan fingerprint density at radius 2 is 1.68 bits per heavy atom. The average molecular weight is 315 g/mol. The first-order valence-electron chi connectivity index (χ1n) is 5.93. The molecule has 0 aliphatic carbocycles.